The minimum Gasteiger partial charge on any atom is -0.469 e. The Hall–Kier alpha value is -1.71. The van der Waals surface area contributed by atoms with E-state index < -0.39 is 5.92 Å². The van der Waals surface area contributed by atoms with Gasteiger partial charge in [0.25, 0.3) is 0 Å². The van der Waals surface area contributed by atoms with Crippen molar-refractivity contribution < 1.29 is 19.1 Å². The Morgan fingerprint density at radius 2 is 2.10 bits per heavy atom. The molecule has 0 aromatic carbocycles. The number of ether oxygens (including phenoxy) is 1. The molecule has 0 aromatic heterocycles. The monoisotopic (exact) mass is 276 g/mol. The summed E-state index contributed by atoms with van der Waals surface area (Å²) in [5.74, 6) is -1.43. The third-order valence-corrected chi connectivity index (χ3v) is 4.65. The van der Waals surface area contributed by atoms with Crippen LogP contribution in [0.1, 0.15) is 33.6 Å². The van der Waals surface area contributed by atoms with Gasteiger partial charge in [-0.1, -0.05) is 19.9 Å². The number of hydrogen-bond donors (Lipinski definition) is 0. The molecule has 2 aliphatic carbocycles. The van der Waals surface area contributed by atoms with Crippen LogP contribution in [0, 0.1) is 17.3 Å². The lowest BCUT2D eigenvalue weighted by molar-refractivity contribution is -0.149. The second-order valence-electron chi connectivity index (χ2n) is 5.94. The minimum atomic E-state index is -0.474. The molecule has 3 unspecified atom stereocenters. The fourth-order valence-corrected chi connectivity index (χ4v) is 3.29. The first-order valence-electron chi connectivity index (χ1n) is 6.89. The van der Waals surface area contributed by atoms with Gasteiger partial charge in [0, 0.05) is 22.5 Å². The van der Waals surface area contributed by atoms with Crippen molar-refractivity contribution >= 4 is 17.5 Å². The van der Waals surface area contributed by atoms with Gasteiger partial charge in [-0.05, 0) is 25.8 Å². The number of carbonyl (C=O) groups excluding carboxylic acids is 3. The molecule has 0 spiro atoms. The average molecular weight is 276 g/mol. The molecule has 0 aliphatic heterocycles. The van der Waals surface area contributed by atoms with Crippen molar-refractivity contribution in [2.24, 2.45) is 17.3 Å². The van der Waals surface area contributed by atoms with E-state index in [0.29, 0.717) is 17.6 Å². The quantitative estimate of drug-likeness (QED) is 0.726. The molecule has 20 heavy (non-hydrogen) atoms. The third-order valence-electron chi connectivity index (χ3n) is 4.65. The van der Waals surface area contributed by atoms with E-state index in [2.05, 4.69) is 0 Å². The van der Waals surface area contributed by atoms with Gasteiger partial charge in [-0.15, -0.1) is 0 Å². The second kappa shape index (κ2) is 5.00. The standard InChI is InChI=1S/C16H20O4/c1-9(15(19)20-4)11-5-7-16(3)8-6-12(17)10(2)13(16)14(11)18/h6,8-9,11H,5,7H2,1-4H3. The summed E-state index contributed by atoms with van der Waals surface area (Å²) >= 11 is 0. The lowest BCUT2D eigenvalue weighted by Crippen LogP contribution is -2.41. The SMILES string of the molecule is COC(=O)C(C)C1CCC2(C)C=CC(=O)C(C)=C2C1=O. The molecule has 4 heteroatoms. The highest BCUT2D eigenvalue weighted by Gasteiger charge is 2.46. The van der Waals surface area contributed by atoms with E-state index in [0.717, 1.165) is 6.42 Å². The maximum atomic E-state index is 12.7. The van der Waals surface area contributed by atoms with Crippen LogP contribution < -0.4 is 0 Å². The number of rotatable bonds is 2. The predicted molar refractivity (Wildman–Crippen MR) is 73.9 cm³/mol. The van der Waals surface area contributed by atoms with Crippen LogP contribution in [0.4, 0.5) is 0 Å². The molecule has 1 saturated carbocycles. The maximum absolute atomic E-state index is 12.7. The summed E-state index contributed by atoms with van der Waals surface area (Å²) in [6.45, 7) is 5.39. The number of carbonyl (C=O) groups is 3. The number of hydrogen-bond acceptors (Lipinski definition) is 4. The first-order valence-corrected chi connectivity index (χ1v) is 6.89. The molecule has 0 N–H and O–H groups in total. The molecule has 0 radical (unpaired) electrons. The number of allylic oxidation sites excluding steroid dienone is 4. The van der Waals surface area contributed by atoms with Gasteiger partial charge >= 0.3 is 5.97 Å². The summed E-state index contributed by atoms with van der Waals surface area (Å²) < 4.78 is 4.73. The van der Waals surface area contributed by atoms with Crippen molar-refractivity contribution in [1.82, 2.24) is 0 Å². The number of esters is 1. The van der Waals surface area contributed by atoms with Gasteiger partial charge in [0.1, 0.15) is 0 Å². The molecule has 0 amide bonds. The topological polar surface area (TPSA) is 60.4 Å². The van der Waals surface area contributed by atoms with Crippen LogP contribution in [0.5, 0.6) is 0 Å². The number of fused-ring (bicyclic) bond motifs is 1. The number of ketones is 2. The van der Waals surface area contributed by atoms with Crippen molar-refractivity contribution in [3.05, 3.63) is 23.3 Å². The van der Waals surface area contributed by atoms with Crippen LogP contribution in [-0.2, 0) is 19.1 Å². The van der Waals surface area contributed by atoms with E-state index in [1.165, 1.54) is 7.11 Å². The van der Waals surface area contributed by atoms with Crippen LogP contribution in [0.2, 0.25) is 0 Å². The molecule has 2 rings (SSSR count). The van der Waals surface area contributed by atoms with Crippen LogP contribution >= 0.6 is 0 Å². The van der Waals surface area contributed by atoms with Crippen LogP contribution in [-0.4, -0.2) is 24.6 Å². The lowest BCUT2D eigenvalue weighted by atomic mass is 9.61. The highest BCUT2D eigenvalue weighted by Crippen LogP contribution is 2.47. The normalized spacial score (nSPS) is 31.1. The summed E-state index contributed by atoms with van der Waals surface area (Å²) in [4.78, 5) is 36.2. The van der Waals surface area contributed by atoms with E-state index in [-0.39, 0.29) is 28.9 Å². The van der Waals surface area contributed by atoms with Crippen LogP contribution in [0.15, 0.2) is 23.3 Å². The molecule has 0 bridgehead atoms. The van der Waals surface area contributed by atoms with Gasteiger partial charge in [-0.25, -0.2) is 0 Å². The highest BCUT2D eigenvalue weighted by atomic mass is 16.5. The minimum absolute atomic E-state index is 0.0770. The maximum Gasteiger partial charge on any atom is 0.309 e. The molecule has 108 valence electrons. The first kappa shape index (κ1) is 14.7. The smallest absolute Gasteiger partial charge is 0.309 e. The van der Waals surface area contributed by atoms with Gasteiger partial charge in [0.05, 0.1) is 13.0 Å². The summed E-state index contributed by atoms with van der Waals surface area (Å²) in [6, 6.07) is 0. The average Bonchev–Trinajstić information content (AvgIpc) is 2.42. The zero-order chi connectivity index (χ0) is 15.1. The summed E-state index contributed by atoms with van der Waals surface area (Å²) in [6.07, 6.45) is 4.78. The molecule has 3 atom stereocenters. The van der Waals surface area contributed by atoms with E-state index in [1.807, 2.05) is 13.0 Å². The summed E-state index contributed by atoms with van der Waals surface area (Å²) in [5, 5.41) is 0. The van der Waals surface area contributed by atoms with Crippen LogP contribution in [0.25, 0.3) is 0 Å². The molecule has 0 heterocycles. The summed E-state index contributed by atoms with van der Waals surface area (Å²) in [5.41, 5.74) is 0.722. The lowest BCUT2D eigenvalue weighted by Gasteiger charge is -2.40. The second-order valence-corrected chi connectivity index (χ2v) is 5.94. The molecule has 0 saturated heterocycles. The Bertz CT molecular complexity index is 541. The van der Waals surface area contributed by atoms with Crippen molar-refractivity contribution in [2.45, 2.75) is 33.6 Å². The Labute approximate surface area is 118 Å². The molecular weight excluding hydrogens is 256 g/mol. The Balaban J connectivity index is 2.39. The number of methoxy groups -OCH3 is 1. The van der Waals surface area contributed by atoms with Crippen molar-refractivity contribution in [3.63, 3.8) is 0 Å². The third kappa shape index (κ3) is 2.13. The van der Waals surface area contributed by atoms with E-state index in [1.54, 1.807) is 19.9 Å². The zero-order valence-corrected chi connectivity index (χ0v) is 12.4. The van der Waals surface area contributed by atoms with Crippen molar-refractivity contribution in [1.29, 1.82) is 0 Å². The molecule has 0 aromatic rings. The van der Waals surface area contributed by atoms with Gasteiger partial charge in [-0.2, -0.15) is 0 Å². The molecule has 4 nitrogen and oxygen atoms in total. The van der Waals surface area contributed by atoms with E-state index in [4.69, 9.17) is 4.74 Å². The molecule has 2 aliphatic rings. The van der Waals surface area contributed by atoms with Crippen molar-refractivity contribution in [2.75, 3.05) is 7.11 Å². The van der Waals surface area contributed by atoms with Gasteiger partial charge in [-0.3, -0.25) is 14.4 Å². The highest BCUT2D eigenvalue weighted by molar-refractivity contribution is 6.14. The van der Waals surface area contributed by atoms with E-state index in [9.17, 15) is 14.4 Å². The predicted octanol–water partition coefficient (Wildman–Crippen LogP) is 2.24. The fraction of sp³-hybridized carbons (Fsp3) is 0.562. The van der Waals surface area contributed by atoms with Gasteiger partial charge in [0.2, 0.25) is 0 Å². The van der Waals surface area contributed by atoms with Gasteiger partial charge < -0.3 is 4.74 Å². The molecular formula is C16H20O4. The Morgan fingerprint density at radius 3 is 2.70 bits per heavy atom. The van der Waals surface area contributed by atoms with Crippen LogP contribution in [0.3, 0.4) is 0 Å². The number of Topliss-reactive ketones (excluding diaryl/α,β-unsaturated/α-hetero) is 1. The first-order chi connectivity index (χ1) is 9.31. The largest absolute Gasteiger partial charge is 0.469 e. The Morgan fingerprint density at radius 1 is 1.45 bits per heavy atom. The Kier molecular flexibility index (Phi) is 3.67. The fourth-order valence-electron chi connectivity index (χ4n) is 3.29. The molecule has 1 fully saturated rings. The summed E-state index contributed by atoms with van der Waals surface area (Å²) in [7, 11) is 1.33. The van der Waals surface area contributed by atoms with Crippen molar-refractivity contribution in [3.8, 4) is 0 Å². The van der Waals surface area contributed by atoms with Gasteiger partial charge in [0.15, 0.2) is 11.6 Å². The van der Waals surface area contributed by atoms with E-state index >= 15 is 0 Å². The zero-order valence-electron chi connectivity index (χ0n) is 12.4.